The molecule has 5 heteroatoms. The van der Waals surface area contributed by atoms with Crippen LogP contribution in [-0.4, -0.2) is 37.5 Å². The number of rotatable bonds is 4. The van der Waals surface area contributed by atoms with Crippen molar-refractivity contribution in [1.82, 2.24) is 10.3 Å². The molecule has 0 saturated heterocycles. The van der Waals surface area contributed by atoms with Gasteiger partial charge in [0.2, 0.25) is 0 Å². The Kier molecular flexibility index (Phi) is 4.23. The van der Waals surface area contributed by atoms with Crippen LogP contribution in [0.3, 0.4) is 0 Å². The Morgan fingerprint density at radius 2 is 1.67 bits per heavy atom. The summed E-state index contributed by atoms with van der Waals surface area (Å²) in [5.41, 5.74) is 0.569. The highest BCUT2D eigenvalue weighted by molar-refractivity contribution is 5.93. The SMILES string of the molecule is CON(OC)N(C)C(=O)c1ccccc1. The van der Waals surface area contributed by atoms with E-state index in [1.807, 2.05) is 6.07 Å². The second-order valence-corrected chi connectivity index (χ2v) is 2.80. The molecule has 0 radical (unpaired) electrons. The quantitative estimate of drug-likeness (QED) is 0.698. The van der Waals surface area contributed by atoms with Crippen molar-refractivity contribution < 1.29 is 14.5 Å². The summed E-state index contributed by atoms with van der Waals surface area (Å²) in [5.74, 6) is -0.209. The third-order valence-corrected chi connectivity index (χ3v) is 1.87. The molecule has 0 unspecified atom stereocenters. The van der Waals surface area contributed by atoms with Gasteiger partial charge in [0.05, 0.1) is 14.2 Å². The summed E-state index contributed by atoms with van der Waals surface area (Å²) in [5, 5.41) is 2.23. The van der Waals surface area contributed by atoms with Gasteiger partial charge in [-0.3, -0.25) is 14.5 Å². The highest BCUT2D eigenvalue weighted by Crippen LogP contribution is 2.05. The zero-order chi connectivity index (χ0) is 11.3. The Balaban J connectivity index is 2.77. The number of hydrogen-bond donors (Lipinski definition) is 0. The highest BCUT2D eigenvalue weighted by Gasteiger charge is 2.18. The van der Waals surface area contributed by atoms with E-state index in [1.165, 1.54) is 19.2 Å². The van der Waals surface area contributed by atoms with Gasteiger partial charge in [0, 0.05) is 17.9 Å². The summed E-state index contributed by atoms with van der Waals surface area (Å²) in [6.07, 6.45) is 0. The average Bonchev–Trinajstić information content (AvgIpc) is 2.30. The first-order chi connectivity index (χ1) is 7.20. The molecule has 0 bridgehead atoms. The summed E-state index contributed by atoms with van der Waals surface area (Å²) < 4.78 is 0. The highest BCUT2D eigenvalue weighted by atomic mass is 17.0. The predicted molar refractivity (Wildman–Crippen MR) is 54.4 cm³/mol. The minimum atomic E-state index is -0.209. The van der Waals surface area contributed by atoms with Gasteiger partial charge in [0.25, 0.3) is 5.91 Å². The third kappa shape index (κ3) is 2.76. The van der Waals surface area contributed by atoms with E-state index in [9.17, 15) is 4.79 Å². The fourth-order valence-electron chi connectivity index (χ4n) is 1.16. The second-order valence-electron chi connectivity index (χ2n) is 2.80. The van der Waals surface area contributed by atoms with Crippen molar-refractivity contribution in [2.24, 2.45) is 0 Å². The molecule has 0 heterocycles. The lowest BCUT2D eigenvalue weighted by molar-refractivity contribution is -0.421. The number of nitrogens with zero attached hydrogens (tertiary/aromatic N) is 2. The van der Waals surface area contributed by atoms with Crippen LogP contribution < -0.4 is 0 Å². The van der Waals surface area contributed by atoms with Gasteiger partial charge in [-0.25, -0.2) is 5.01 Å². The van der Waals surface area contributed by atoms with Crippen LogP contribution in [0.5, 0.6) is 0 Å². The van der Waals surface area contributed by atoms with Gasteiger partial charge in [-0.1, -0.05) is 18.2 Å². The first-order valence-electron chi connectivity index (χ1n) is 4.42. The first-order valence-corrected chi connectivity index (χ1v) is 4.42. The molecule has 0 spiro atoms. The molecular weight excluding hydrogens is 196 g/mol. The molecular formula is C10H14N2O3. The number of hydrazine groups is 1. The van der Waals surface area contributed by atoms with Gasteiger partial charge in [0.1, 0.15) is 0 Å². The van der Waals surface area contributed by atoms with Crippen molar-refractivity contribution in [2.45, 2.75) is 0 Å². The van der Waals surface area contributed by atoms with Crippen molar-refractivity contribution in [3.8, 4) is 0 Å². The molecule has 0 aliphatic rings. The molecule has 0 atom stereocenters. The molecule has 1 amide bonds. The summed E-state index contributed by atoms with van der Waals surface area (Å²) >= 11 is 0. The Labute approximate surface area is 88.7 Å². The topological polar surface area (TPSA) is 42.0 Å². The van der Waals surface area contributed by atoms with Gasteiger partial charge in [-0.15, -0.1) is 0 Å². The van der Waals surface area contributed by atoms with Crippen molar-refractivity contribution in [1.29, 1.82) is 0 Å². The van der Waals surface area contributed by atoms with Crippen LogP contribution in [-0.2, 0) is 9.68 Å². The van der Waals surface area contributed by atoms with Crippen molar-refractivity contribution in [2.75, 3.05) is 21.3 Å². The fourth-order valence-corrected chi connectivity index (χ4v) is 1.16. The maximum Gasteiger partial charge on any atom is 0.271 e. The largest absolute Gasteiger partial charge is 0.271 e. The maximum atomic E-state index is 11.8. The minimum Gasteiger partial charge on any atom is -0.267 e. The van der Waals surface area contributed by atoms with Crippen LogP contribution in [0.25, 0.3) is 0 Å². The molecule has 0 aromatic heterocycles. The van der Waals surface area contributed by atoms with Crippen LogP contribution in [0.15, 0.2) is 30.3 Å². The lowest BCUT2D eigenvalue weighted by Crippen LogP contribution is -2.42. The zero-order valence-corrected chi connectivity index (χ0v) is 9.01. The number of carbonyl (C=O) groups is 1. The third-order valence-electron chi connectivity index (χ3n) is 1.87. The number of amides is 1. The van der Waals surface area contributed by atoms with Crippen molar-refractivity contribution >= 4 is 5.91 Å². The van der Waals surface area contributed by atoms with Crippen LogP contribution in [0.1, 0.15) is 10.4 Å². The molecule has 0 N–H and O–H groups in total. The zero-order valence-electron chi connectivity index (χ0n) is 9.01. The second kappa shape index (κ2) is 5.45. The monoisotopic (exact) mass is 210 g/mol. The predicted octanol–water partition coefficient (Wildman–Crippen LogP) is 1.10. The average molecular weight is 210 g/mol. The van der Waals surface area contributed by atoms with Gasteiger partial charge in [0.15, 0.2) is 0 Å². The number of hydrogen-bond acceptors (Lipinski definition) is 4. The van der Waals surface area contributed by atoms with Crippen LogP contribution >= 0.6 is 0 Å². The van der Waals surface area contributed by atoms with Crippen LogP contribution in [0.4, 0.5) is 0 Å². The molecule has 1 aromatic carbocycles. The van der Waals surface area contributed by atoms with Crippen LogP contribution in [0.2, 0.25) is 0 Å². The summed E-state index contributed by atoms with van der Waals surface area (Å²) in [7, 11) is 4.39. The van der Waals surface area contributed by atoms with E-state index < -0.39 is 0 Å². The molecule has 15 heavy (non-hydrogen) atoms. The molecule has 5 nitrogen and oxygen atoms in total. The fraction of sp³-hybridized carbons (Fsp3) is 0.300. The van der Waals surface area contributed by atoms with E-state index in [-0.39, 0.29) is 5.91 Å². The minimum absolute atomic E-state index is 0.209. The molecule has 0 fully saturated rings. The van der Waals surface area contributed by atoms with Crippen molar-refractivity contribution in [3.05, 3.63) is 35.9 Å². The van der Waals surface area contributed by atoms with Gasteiger partial charge >= 0.3 is 0 Å². The Morgan fingerprint density at radius 1 is 1.13 bits per heavy atom. The summed E-state index contributed by atoms with van der Waals surface area (Å²) in [6, 6.07) is 8.89. The smallest absolute Gasteiger partial charge is 0.267 e. The number of carbonyl (C=O) groups excluding carboxylic acids is 1. The summed E-state index contributed by atoms with van der Waals surface area (Å²) in [6.45, 7) is 0. The van der Waals surface area contributed by atoms with E-state index >= 15 is 0 Å². The van der Waals surface area contributed by atoms with E-state index in [2.05, 4.69) is 0 Å². The maximum absolute atomic E-state index is 11.8. The normalized spacial score (nSPS) is 10.4. The van der Waals surface area contributed by atoms with E-state index in [4.69, 9.17) is 9.68 Å². The van der Waals surface area contributed by atoms with Crippen molar-refractivity contribution in [3.63, 3.8) is 0 Å². The Morgan fingerprint density at radius 3 is 2.13 bits per heavy atom. The molecule has 1 aromatic rings. The lowest BCUT2D eigenvalue weighted by atomic mass is 10.2. The molecule has 0 saturated carbocycles. The van der Waals surface area contributed by atoms with Crippen LogP contribution in [0, 0.1) is 0 Å². The summed E-state index contributed by atoms with van der Waals surface area (Å²) in [4.78, 5) is 21.5. The van der Waals surface area contributed by atoms with Gasteiger partial charge in [-0.05, 0) is 12.1 Å². The lowest BCUT2D eigenvalue weighted by Gasteiger charge is -2.26. The van der Waals surface area contributed by atoms with Gasteiger partial charge < -0.3 is 0 Å². The van der Waals surface area contributed by atoms with E-state index in [0.717, 1.165) is 5.34 Å². The molecule has 0 aliphatic carbocycles. The molecule has 1 rings (SSSR count). The van der Waals surface area contributed by atoms with E-state index in [1.54, 1.807) is 31.3 Å². The Hall–Kier alpha value is -1.43. The van der Waals surface area contributed by atoms with Gasteiger partial charge in [-0.2, -0.15) is 0 Å². The molecule has 82 valence electrons. The number of benzene rings is 1. The first kappa shape index (κ1) is 11.6. The standard InChI is InChI=1S/C10H14N2O3/c1-11(12(14-2)15-3)10(13)9-7-5-4-6-8-9/h4-8H,1-3H3. The van der Waals surface area contributed by atoms with E-state index in [0.29, 0.717) is 5.56 Å². The Bertz CT molecular complexity index is 312. The molecule has 0 aliphatic heterocycles.